The van der Waals surface area contributed by atoms with Crippen molar-refractivity contribution >= 4 is 5.78 Å². The Hall–Kier alpha value is -1.16. The van der Waals surface area contributed by atoms with Crippen molar-refractivity contribution in [1.82, 2.24) is 14.7 Å². The van der Waals surface area contributed by atoms with Gasteiger partial charge < -0.3 is 4.90 Å². The van der Waals surface area contributed by atoms with Gasteiger partial charge in [0.1, 0.15) is 5.78 Å². The predicted molar refractivity (Wildman–Crippen MR) is 122 cm³/mol. The number of unbranched alkanes of at least 4 members (excludes halogenated alkanes) is 6. The van der Waals surface area contributed by atoms with Crippen molar-refractivity contribution in [2.75, 3.05) is 19.6 Å². The Morgan fingerprint density at radius 2 is 1.72 bits per heavy atom. The molecule has 1 aromatic heterocycles. The quantitative estimate of drug-likeness (QED) is 0.343. The summed E-state index contributed by atoms with van der Waals surface area (Å²) in [6, 6.07) is 0. The minimum atomic E-state index is 0.263. The van der Waals surface area contributed by atoms with Gasteiger partial charge >= 0.3 is 0 Å². The SMILES string of the molecule is CCc1cnn(CC2CCN(CCCCCCCCCC(=O)C(C)CC)CC2)c1. The van der Waals surface area contributed by atoms with E-state index >= 15 is 0 Å². The van der Waals surface area contributed by atoms with Crippen LogP contribution in [0.25, 0.3) is 0 Å². The van der Waals surface area contributed by atoms with E-state index in [0.717, 1.165) is 38.1 Å². The first kappa shape index (κ1) is 24.1. The Kier molecular flexibility index (Phi) is 11.6. The van der Waals surface area contributed by atoms with Gasteiger partial charge in [-0.3, -0.25) is 9.48 Å². The topological polar surface area (TPSA) is 38.1 Å². The van der Waals surface area contributed by atoms with E-state index in [4.69, 9.17) is 0 Å². The summed E-state index contributed by atoms with van der Waals surface area (Å²) in [4.78, 5) is 14.5. The largest absolute Gasteiger partial charge is 0.303 e. The number of Topliss-reactive ketones (excluding diaryl/α,β-unsaturated/α-hetero) is 1. The van der Waals surface area contributed by atoms with E-state index < -0.39 is 0 Å². The highest BCUT2D eigenvalue weighted by molar-refractivity contribution is 5.80. The van der Waals surface area contributed by atoms with Gasteiger partial charge in [0.15, 0.2) is 0 Å². The average molecular weight is 404 g/mol. The van der Waals surface area contributed by atoms with Gasteiger partial charge in [0.05, 0.1) is 6.20 Å². The van der Waals surface area contributed by atoms with E-state index in [-0.39, 0.29) is 5.92 Å². The van der Waals surface area contributed by atoms with Gasteiger partial charge in [0.25, 0.3) is 0 Å². The third-order valence-corrected chi connectivity index (χ3v) is 6.81. The van der Waals surface area contributed by atoms with Crippen LogP contribution in [0.4, 0.5) is 0 Å². The zero-order valence-electron chi connectivity index (χ0n) is 19.4. The number of aryl methyl sites for hydroxylation is 1. The number of piperidine rings is 1. The lowest BCUT2D eigenvalue weighted by molar-refractivity contribution is -0.122. The van der Waals surface area contributed by atoms with E-state index in [1.54, 1.807) is 0 Å². The molecule has 1 aromatic rings. The third kappa shape index (κ3) is 9.46. The molecule has 4 nitrogen and oxygen atoms in total. The van der Waals surface area contributed by atoms with Crippen molar-refractivity contribution in [3.8, 4) is 0 Å². The second-order valence-corrected chi connectivity index (χ2v) is 9.21. The molecule has 0 aliphatic carbocycles. The Labute approximate surface area is 179 Å². The molecule has 0 spiro atoms. The van der Waals surface area contributed by atoms with E-state index in [9.17, 15) is 4.79 Å². The van der Waals surface area contributed by atoms with Crippen LogP contribution in [-0.2, 0) is 17.8 Å². The van der Waals surface area contributed by atoms with Crippen molar-refractivity contribution in [2.24, 2.45) is 11.8 Å². The third-order valence-electron chi connectivity index (χ3n) is 6.81. The van der Waals surface area contributed by atoms with Crippen molar-refractivity contribution in [2.45, 2.75) is 104 Å². The number of aromatic nitrogens is 2. The summed E-state index contributed by atoms with van der Waals surface area (Å²) < 4.78 is 2.15. The lowest BCUT2D eigenvalue weighted by Gasteiger charge is -2.31. The number of nitrogens with zero attached hydrogens (tertiary/aromatic N) is 3. The van der Waals surface area contributed by atoms with Gasteiger partial charge in [-0.25, -0.2) is 0 Å². The second-order valence-electron chi connectivity index (χ2n) is 9.21. The van der Waals surface area contributed by atoms with Crippen LogP contribution in [0.5, 0.6) is 0 Å². The highest BCUT2D eigenvalue weighted by Crippen LogP contribution is 2.20. The zero-order valence-corrected chi connectivity index (χ0v) is 19.4. The molecule has 2 heterocycles. The Bertz CT molecular complexity index is 560. The van der Waals surface area contributed by atoms with Gasteiger partial charge in [0.2, 0.25) is 0 Å². The molecular weight excluding hydrogens is 358 g/mol. The molecule has 0 N–H and O–H groups in total. The molecule has 0 aromatic carbocycles. The monoisotopic (exact) mass is 403 g/mol. The van der Waals surface area contributed by atoms with Gasteiger partial charge in [-0.1, -0.05) is 52.9 Å². The molecule has 29 heavy (non-hydrogen) atoms. The smallest absolute Gasteiger partial charge is 0.135 e. The highest BCUT2D eigenvalue weighted by Gasteiger charge is 2.19. The fourth-order valence-electron chi connectivity index (χ4n) is 4.34. The summed E-state index contributed by atoms with van der Waals surface area (Å²) in [5.41, 5.74) is 1.35. The number of hydrogen-bond donors (Lipinski definition) is 0. The molecule has 4 heteroatoms. The summed E-state index contributed by atoms with van der Waals surface area (Å²) in [5, 5.41) is 4.50. The molecule has 1 aliphatic heterocycles. The zero-order chi connectivity index (χ0) is 20.9. The van der Waals surface area contributed by atoms with Crippen LogP contribution >= 0.6 is 0 Å². The molecule has 0 bridgehead atoms. The van der Waals surface area contributed by atoms with Crippen molar-refractivity contribution in [3.63, 3.8) is 0 Å². The molecule has 1 fully saturated rings. The first-order valence-corrected chi connectivity index (χ1v) is 12.4. The van der Waals surface area contributed by atoms with Crippen molar-refractivity contribution in [1.29, 1.82) is 0 Å². The molecule has 2 rings (SSSR count). The summed E-state index contributed by atoms with van der Waals surface area (Å²) >= 11 is 0. The van der Waals surface area contributed by atoms with E-state index in [1.807, 2.05) is 6.20 Å². The maximum Gasteiger partial charge on any atom is 0.135 e. The Morgan fingerprint density at radius 3 is 2.34 bits per heavy atom. The van der Waals surface area contributed by atoms with Gasteiger partial charge in [-0.2, -0.15) is 5.10 Å². The van der Waals surface area contributed by atoms with Crippen LogP contribution in [-0.4, -0.2) is 40.1 Å². The lowest BCUT2D eigenvalue weighted by atomic mass is 9.96. The number of rotatable bonds is 15. The molecule has 0 saturated carbocycles. The van der Waals surface area contributed by atoms with Crippen molar-refractivity contribution in [3.05, 3.63) is 18.0 Å². The van der Waals surface area contributed by atoms with Crippen LogP contribution in [0, 0.1) is 11.8 Å². The molecule has 1 atom stereocenters. The molecule has 1 saturated heterocycles. The maximum absolute atomic E-state index is 11.8. The maximum atomic E-state index is 11.8. The standard InChI is InChI=1S/C25H45N3O/c1-4-22(3)25(29)13-11-9-7-6-8-10-12-16-27-17-14-24(15-18-27)21-28-20-23(5-2)19-26-28/h19-20,22,24H,4-18,21H2,1-3H3. The van der Waals surface area contributed by atoms with Crippen LogP contribution < -0.4 is 0 Å². The van der Waals surface area contributed by atoms with E-state index in [1.165, 1.54) is 76.6 Å². The minimum absolute atomic E-state index is 0.263. The van der Waals surface area contributed by atoms with E-state index in [2.05, 4.69) is 41.6 Å². The van der Waals surface area contributed by atoms with Crippen LogP contribution in [0.15, 0.2) is 12.4 Å². The summed E-state index contributed by atoms with van der Waals surface area (Å²) in [6.45, 7) is 11.2. The number of ketones is 1. The van der Waals surface area contributed by atoms with E-state index in [0.29, 0.717) is 5.78 Å². The highest BCUT2D eigenvalue weighted by atomic mass is 16.1. The normalized spacial score (nSPS) is 16.9. The summed E-state index contributed by atoms with van der Waals surface area (Å²) in [7, 11) is 0. The van der Waals surface area contributed by atoms with Gasteiger partial charge in [-0.15, -0.1) is 0 Å². The van der Waals surface area contributed by atoms with Crippen LogP contribution in [0.3, 0.4) is 0 Å². The first-order valence-electron chi connectivity index (χ1n) is 12.4. The minimum Gasteiger partial charge on any atom is -0.303 e. The number of carbonyl (C=O) groups excluding carboxylic acids is 1. The molecule has 0 amide bonds. The molecule has 1 unspecified atom stereocenters. The number of likely N-dealkylation sites (tertiary alicyclic amines) is 1. The van der Waals surface area contributed by atoms with Crippen molar-refractivity contribution < 1.29 is 4.79 Å². The number of carbonyl (C=O) groups is 1. The average Bonchev–Trinajstić information content (AvgIpc) is 3.20. The Morgan fingerprint density at radius 1 is 1.07 bits per heavy atom. The fourth-order valence-corrected chi connectivity index (χ4v) is 4.34. The molecule has 166 valence electrons. The van der Waals surface area contributed by atoms with Gasteiger partial charge in [0, 0.05) is 25.1 Å². The lowest BCUT2D eigenvalue weighted by Crippen LogP contribution is -2.35. The molecule has 1 aliphatic rings. The molecular formula is C25H45N3O. The Balaban J connectivity index is 1.41. The predicted octanol–water partition coefficient (Wildman–Crippen LogP) is 5.89. The summed E-state index contributed by atoms with van der Waals surface area (Å²) in [5.74, 6) is 1.52. The summed E-state index contributed by atoms with van der Waals surface area (Å²) in [6.07, 6.45) is 18.7. The van der Waals surface area contributed by atoms with Gasteiger partial charge in [-0.05, 0) is 69.6 Å². The first-order chi connectivity index (χ1) is 14.1. The molecule has 0 radical (unpaired) electrons. The van der Waals surface area contributed by atoms with Crippen LogP contribution in [0.1, 0.15) is 97.0 Å². The second kappa shape index (κ2) is 14.0. The number of hydrogen-bond acceptors (Lipinski definition) is 3. The fraction of sp³-hybridized carbons (Fsp3) is 0.840. The van der Waals surface area contributed by atoms with Crippen LogP contribution in [0.2, 0.25) is 0 Å².